The monoisotopic (exact) mass is 280 g/mol. The molecule has 8 nitrogen and oxygen atoms in total. The number of rotatable bonds is 3. The first kappa shape index (κ1) is 14.3. The highest BCUT2D eigenvalue weighted by atomic mass is 16.2. The summed E-state index contributed by atoms with van der Waals surface area (Å²) in [5.41, 5.74) is 4.70. The fourth-order valence-corrected chi connectivity index (χ4v) is 2.10. The van der Waals surface area contributed by atoms with Crippen molar-refractivity contribution in [3.8, 4) is 0 Å². The van der Waals surface area contributed by atoms with E-state index in [0.717, 1.165) is 17.7 Å². The molecule has 0 atom stereocenters. The number of urea groups is 1. The van der Waals surface area contributed by atoms with E-state index in [1.807, 2.05) is 13.8 Å². The Morgan fingerprint density at radius 3 is 2.80 bits per heavy atom. The third kappa shape index (κ3) is 3.47. The third-order valence-electron chi connectivity index (χ3n) is 2.91. The van der Waals surface area contributed by atoms with E-state index < -0.39 is 0 Å². The number of amides is 3. The van der Waals surface area contributed by atoms with Gasteiger partial charge in [0.05, 0.1) is 0 Å². The van der Waals surface area contributed by atoms with Gasteiger partial charge < -0.3 is 10.6 Å². The van der Waals surface area contributed by atoms with Gasteiger partial charge in [-0.15, -0.1) is 0 Å². The van der Waals surface area contributed by atoms with E-state index in [-0.39, 0.29) is 18.0 Å². The van der Waals surface area contributed by atoms with E-state index in [4.69, 9.17) is 0 Å². The van der Waals surface area contributed by atoms with Gasteiger partial charge in [-0.25, -0.2) is 9.80 Å². The second kappa shape index (κ2) is 5.91. The summed E-state index contributed by atoms with van der Waals surface area (Å²) >= 11 is 0. The van der Waals surface area contributed by atoms with Crippen molar-refractivity contribution in [1.29, 1.82) is 0 Å². The van der Waals surface area contributed by atoms with Crippen LogP contribution in [0.25, 0.3) is 0 Å². The van der Waals surface area contributed by atoms with Crippen LogP contribution in [-0.2, 0) is 17.8 Å². The van der Waals surface area contributed by atoms with E-state index in [1.165, 1.54) is 6.92 Å². The highest BCUT2D eigenvalue weighted by molar-refractivity contribution is 5.88. The number of hydrazine groups is 1. The molecule has 2 heterocycles. The molecule has 1 aromatic rings. The summed E-state index contributed by atoms with van der Waals surface area (Å²) in [6.45, 7) is 6.45. The molecular formula is C12H20N6O2. The minimum absolute atomic E-state index is 0.0826. The van der Waals surface area contributed by atoms with Crippen LogP contribution >= 0.6 is 0 Å². The first-order valence-corrected chi connectivity index (χ1v) is 6.61. The molecule has 0 aliphatic carbocycles. The molecule has 3 amide bonds. The van der Waals surface area contributed by atoms with Crippen LogP contribution in [0.4, 0.5) is 10.6 Å². The predicted octanol–water partition coefficient (Wildman–Crippen LogP) is 0.349. The van der Waals surface area contributed by atoms with Crippen LogP contribution < -0.4 is 16.1 Å². The van der Waals surface area contributed by atoms with E-state index in [1.54, 1.807) is 5.01 Å². The third-order valence-corrected chi connectivity index (χ3v) is 2.91. The van der Waals surface area contributed by atoms with Crippen LogP contribution in [-0.4, -0.2) is 39.7 Å². The number of nitrogens with zero attached hydrogens (tertiary/aromatic N) is 2. The number of hydrogen-bond acceptors (Lipinski definition) is 4. The first-order valence-electron chi connectivity index (χ1n) is 6.61. The molecule has 4 N–H and O–H groups in total. The number of fused-ring (bicyclic) bond motifs is 1. The van der Waals surface area contributed by atoms with Crippen molar-refractivity contribution in [1.82, 2.24) is 25.9 Å². The number of anilines is 1. The quantitative estimate of drug-likeness (QED) is 0.641. The van der Waals surface area contributed by atoms with Gasteiger partial charge in [-0.2, -0.15) is 5.10 Å². The van der Waals surface area contributed by atoms with E-state index in [2.05, 4.69) is 26.3 Å². The standard InChI is InChI=1S/C12H20N6O2/c1-7(2)13-12(20)17-18-5-4-10-9(6-18)11(16-15-10)14-8(3)19/h7H,4-6H2,1-3H3,(H2,13,17,20)(H2,14,15,16,19). The van der Waals surface area contributed by atoms with Crippen molar-refractivity contribution in [2.45, 2.75) is 39.8 Å². The molecule has 0 aromatic carbocycles. The fraction of sp³-hybridized carbons (Fsp3) is 0.583. The lowest BCUT2D eigenvalue weighted by molar-refractivity contribution is -0.114. The van der Waals surface area contributed by atoms with E-state index >= 15 is 0 Å². The van der Waals surface area contributed by atoms with Gasteiger partial charge in [0.15, 0.2) is 5.82 Å². The Balaban J connectivity index is 2.00. The van der Waals surface area contributed by atoms with Gasteiger partial charge in [0.2, 0.25) is 5.91 Å². The Morgan fingerprint density at radius 2 is 2.15 bits per heavy atom. The summed E-state index contributed by atoms with van der Waals surface area (Å²) in [6.07, 6.45) is 0.740. The topological polar surface area (TPSA) is 102 Å². The van der Waals surface area contributed by atoms with E-state index in [9.17, 15) is 9.59 Å². The second-order valence-corrected chi connectivity index (χ2v) is 5.12. The van der Waals surface area contributed by atoms with Gasteiger partial charge in [-0.3, -0.25) is 15.3 Å². The zero-order valence-electron chi connectivity index (χ0n) is 11.9. The molecule has 0 saturated heterocycles. The molecule has 0 spiro atoms. The number of aromatic nitrogens is 2. The molecule has 110 valence electrons. The molecule has 20 heavy (non-hydrogen) atoms. The highest BCUT2D eigenvalue weighted by Crippen LogP contribution is 2.22. The summed E-state index contributed by atoms with van der Waals surface area (Å²) in [5, 5.41) is 14.3. The Hall–Kier alpha value is -2.09. The van der Waals surface area contributed by atoms with Crippen LogP contribution in [0.15, 0.2) is 0 Å². The number of carbonyl (C=O) groups excluding carboxylic acids is 2. The average Bonchev–Trinajstić information content (AvgIpc) is 2.70. The molecule has 0 radical (unpaired) electrons. The van der Waals surface area contributed by atoms with Crippen LogP contribution in [0.1, 0.15) is 32.0 Å². The van der Waals surface area contributed by atoms with Gasteiger partial charge in [-0.05, 0) is 13.8 Å². The zero-order chi connectivity index (χ0) is 14.7. The molecule has 0 unspecified atom stereocenters. The van der Waals surface area contributed by atoms with Gasteiger partial charge in [-0.1, -0.05) is 0 Å². The normalized spacial score (nSPS) is 14.8. The minimum atomic E-state index is -0.229. The number of aromatic amines is 1. The summed E-state index contributed by atoms with van der Waals surface area (Å²) in [5.74, 6) is 0.366. The maximum Gasteiger partial charge on any atom is 0.329 e. The van der Waals surface area contributed by atoms with Crippen molar-refractivity contribution in [3.05, 3.63) is 11.3 Å². The van der Waals surface area contributed by atoms with Crippen molar-refractivity contribution in [3.63, 3.8) is 0 Å². The van der Waals surface area contributed by atoms with Crippen molar-refractivity contribution in [2.75, 3.05) is 11.9 Å². The Kier molecular flexibility index (Phi) is 4.23. The van der Waals surface area contributed by atoms with Crippen molar-refractivity contribution < 1.29 is 9.59 Å². The molecular weight excluding hydrogens is 260 g/mol. The Labute approximate surface area is 117 Å². The molecule has 1 aliphatic rings. The predicted molar refractivity (Wildman–Crippen MR) is 73.8 cm³/mol. The fourth-order valence-electron chi connectivity index (χ4n) is 2.10. The zero-order valence-corrected chi connectivity index (χ0v) is 11.9. The molecule has 0 fully saturated rings. The average molecular weight is 280 g/mol. The summed E-state index contributed by atoms with van der Waals surface area (Å²) in [7, 11) is 0. The second-order valence-electron chi connectivity index (χ2n) is 5.12. The molecule has 1 aromatic heterocycles. The van der Waals surface area contributed by atoms with Crippen molar-refractivity contribution >= 4 is 17.8 Å². The number of hydrogen-bond donors (Lipinski definition) is 4. The lowest BCUT2D eigenvalue weighted by Crippen LogP contribution is -2.50. The van der Waals surface area contributed by atoms with Crippen LogP contribution in [0.5, 0.6) is 0 Å². The number of H-pyrrole nitrogens is 1. The lowest BCUT2D eigenvalue weighted by Gasteiger charge is -2.27. The first-order chi connectivity index (χ1) is 9.45. The summed E-state index contributed by atoms with van der Waals surface area (Å²) in [6, 6.07) is -0.146. The van der Waals surface area contributed by atoms with E-state index in [0.29, 0.717) is 18.9 Å². The molecule has 1 aliphatic heterocycles. The number of carbonyl (C=O) groups is 2. The molecule has 0 bridgehead atoms. The SMILES string of the molecule is CC(=O)Nc1n[nH]c2c1CN(NC(=O)NC(C)C)CC2. The Bertz CT molecular complexity index is 510. The molecule has 8 heteroatoms. The van der Waals surface area contributed by atoms with Gasteiger partial charge in [0.25, 0.3) is 0 Å². The van der Waals surface area contributed by atoms with Gasteiger partial charge in [0.1, 0.15) is 0 Å². The summed E-state index contributed by atoms with van der Waals surface area (Å²) < 4.78 is 0. The summed E-state index contributed by atoms with van der Waals surface area (Å²) in [4.78, 5) is 22.8. The molecule has 2 rings (SSSR count). The maximum absolute atomic E-state index is 11.7. The lowest BCUT2D eigenvalue weighted by atomic mass is 10.1. The smallest absolute Gasteiger partial charge is 0.329 e. The van der Waals surface area contributed by atoms with Crippen molar-refractivity contribution in [2.24, 2.45) is 0 Å². The highest BCUT2D eigenvalue weighted by Gasteiger charge is 2.23. The van der Waals surface area contributed by atoms with Gasteiger partial charge in [0, 0.05) is 43.7 Å². The van der Waals surface area contributed by atoms with Crippen LogP contribution in [0.3, 0.4) is 0 Å². The number of nitrogens with one attached hydrogen (secondary N) is 4. The molecule has 0 saturated carbocycles. The minimum Gasteiger partial charge on any atom is -0.335 e. The largest absolute Gasteiger partial charge is 0.335 e. The maximum atomic E-state index is 11.7. The van der Waals surface area contributed by atoms with Crippen LogP contribution in [0.2, 0.25) is 0 Å². The van der Waals surface area contributed by atoms with Crippen LogP contribution in [0, 0.1) is 0 Å². The van der Waals surface area contributed by atoms with Gasteiger partial charge >= 0.3 is 6.03 Å². The Morgan fingerprint density at radius 1 is 1.40 bits per heavy atom.